The van der Waals surface area contributed by atoms with Crippen molar-refractivity contribution < 1.29 is 13.5 Å². The third-order valence-electron chi connectivity index (χ3n) is 3.02. The van der Waals surface area contributed by atoms with Crippen LogP contribution >= 0.6 is 11.1 Å². The van der Waals surface area contributed by atoms with Gasteiger partial charge in [0.05, 0.1) is 6.61 Å². The maximum atomic E-state index is 12.9. The summed E-state index contributed by atoms with van der Waals surface area (Å²) in [6.07, 6.45) is 2.17. The lowest BCUT2D eigenvalue weighted by atomic mass is 10.0. The monoisotopic (exact) mass is 275 g/mol. The molecule has 0 aromatic heterocycles. The fourth-order valence-electron chi connectivity index (χ4n) is 1.94. The van der Waals surface area contributed by atoms with E-state index in [2.05, 4.69) is 0 Å². The minimum atomic E-state index is -0.864. The molecule has 17 heavy (non-hydrogen) atoms. The highest BCUT2D eigenvalue weighted by Crippen LogP contribution is 2.27. The van der Waals surface area contributed by atoms with Crippen molar-refractivity contribution in [1.82, 2.24) is 0 Å². The summed E-state index contributed by atoms with van der Waals surface area (Å²) in [5.41, 5.74) is 0. The van der Waals surface area contributed by atoms with Crippen LogP contribution in [0.1, 0.15) is 12.8 Å². The molecule has 1 saturated heterocycles. The zero-order chi connectivity index (χ0) is 12.3. The lowest BCUT2D eigenvalue weighted by Gasteiger charge is -2.23. The van der Waals surface area contributed by atoms with Crippen LogP contribution < -0.4 is 4.74 Å². The van der Waals surface area contributed by atoms with Gasteiger partial charge in [-0.15, -0.1) is 0 Å². The Labute approximate surface area is 106 Å². The summed E-state index contributed by atoms with van der Waals surface area (Å²) >= 11 is 6.11. The van der Waals surface area contributed by atoms with Crippen molar-refractivity contribution in [1.29, 1.82) is 0 Å². The van der Waals surface area contributed by atoms with E-state index in [4.69, 9.17) is 15.8 Å². The van der Waals surface area contributed by atoms with Crippen LogP contribution in [0, 0.1) is 17.6 Å². The molecule has 0 saturated carbocycles. The smallest absolute Gasteiger partial charge is 0.165 e. The summed E-state index contributed by atoms with van der Waals surface area (Å²) in [5, 5.41) is 0. The molecule has 1 aliphatic rings. The van der Waals surface area contributed by atoms with Gasteiger partial charge in [0.2, 0.25) is 0 Å². The Bertz CT molecular complexity index is 381. The van der Waals surface area contributed by atoms with E-state index in [0.29, 0.717) is 18.3 Å². The lowest BCUT2D eigenvalue weighted by Crippen LogP contribution is -2.21. The van der Waals surface area contributed by atoms with Gasteiger partial charge < -0.3 is 4.74 Å². The van der Waals surface area contributed by atoms with E-state index in [1.807, 2.05) is 0 Å². The van der Waals surface area contributed by atoms with E-state index >= 15 is 0 Å². The number of rotatable bonds is 3. The van der Waals surface area contributed by atoms with Gasteiger partial charge in [0.15, 0.2) is 19.7 Å². The number of hydrogen-bond donors (Lipinski definition) is 0. The Morgan fingerprint density at radius 3 is 2.59 bits per heavy atom. The zero-order valence-electron chi connectivity index (χ0n) is 9.39. The summed E-state index contributed by atoms with van der Waals surface area (Å²) < 4.78 is 31.1. The molecule has 2 rings (SSSR count). The van der Waals surface area contributed by atoms with Crippen molar-refractivity contribution in [3.8, 4) is 5.75 Å². The number of hydrogen-bond acceptors (Lipinski definition) is 1. The molecule has 93 valence electrons. The second kappa shape index (κ2) is 5.82. The standard InChI is InChI=1S/C12H14ClF2OSi/c13-17-5-3-9(4-6-17)8-16-10-1-2-11(14)12(15)7-10/h1-2,7,9H,3-6,8H2. The van der Waals surface area contributed by atoms with Crippen molar-refractivity contribution >= 4 is 19.2 Å². The molecule has 0 spiro atoms. The minimum absolute atomic E-state index is 0.394. The van der Waals surface area contributed by atoms with Gasteiger partial charge in [0.1, 0.15) is 5.75 Å². The highest BCUT2D eigenvalue weighted by atomic mass is 35.6. The number of halogens is 3. The van der Waals surface area contributed by atoms with Crippen molar-refractivity contribution in [2.45, 2.75) is 24.9 Å². The average molecular weight is 276 g/mol. The number of ether oxygens (including phenoxy) is 1. The summed E-state index contributed by atoms with van der Waals surface area (Å²) in [5.74, 6) is -0.816. The first kappa shape index (κ1) is 12.8. The number of benzene rings is 1. The molecule has 0 atom stereocenters. The van der Waals surface area contributed by atoms with Crippen LogP contribution in [0.5, 0.6) is 5.75 Å². The van der Waals surface area contributed by atoms with Crippen LogP contribution in [0.15, 0.2) is 18.2 Å². The van der Waals surface area contributed by atoms with Gasteiger partial charge in [0, 0.05) is 6.07 Å². The Morgan fingerprint density at radius 2 is 1.94 bits per heavy atom. The normalized spacial score (nSPS) is 18.3. The van der Waals surface area contributed by atoms with E-state index < -0.39 is 19.7 Å². The molecule has 1 radical (unpaired) electrons. The van der Waals surface area contributed by atoms with E-state index in [1.54, 1.807) is 0 Å². The molecule has 1 nitrogen and oxygen atoms in total. The van der Waals surface area contributed by atoms with Crippen LogP contribution in [0.2, 0.25) is 12.1 Å². The van der Waals surface area contributed by atoms with E-state index in [-0.39, 0.29) is 0 Å². The molecule has 0 unspecified atom stereocenters. The third-order valence-corrected chi connectivity index (χ3v) is 5.82. The summed E-state index contributed by atoms with van der Waals surface area (Å²) in [7, 11) is -0.613. The molecule has 0 aliphatic carbocycles. The molecule has 0 bridgehead atoms. The average Bonchev–Trinajstić information content (AvgIpc) is 2.33. The largest absolute Gasteiger partial charge is 0.493 e. The molecular weight excluding hydrogens is 262 g/mol. The van der Waals surface area contributed by atoms with Gasteiger partial charge in [0.25, 0.3) is 0 Å². The van der Waals surface area contributed by atoms with Gasteiger partial charge in [-0.2, -0.15) is 11.1 Å². The first-order valence-corrected chi connectivity index (χ1v) is 8.66. The SMILES string of the molecule is Fc1ccc(OCC2CC[Si](Cl)CC2)cc1F. The fourth-order valence-corrected chi connectivity index (χ4v) is 4.29. The Morgan fingerprint density at radius 1 is 1.24 bits per heavy atom. The van der Waals surface area contributed by atoms with Gasteiger partial charge >= 0.3 is 0 Å². The summed E-state index contributed by atoms with van der Waals surface area (Å²) in [4.78, 5) is 0. The summed E-state index contributed by atoms with van der Waals surface area (Å²) in [6.45, 7) is 0.567. The van der Waals surface area contributed by atoms with Crippen molar-refractivity contribution in [3.63, 3.8) is 0 Å². The summed E-state index contributed by atoms with van der Waals surface area (Å²) in [6, 6.07) is 5.86. The van der Waals surface area contributed by atoms with Crippen molar-refractivity contribution in [2.24, 2.45) is 5.92 Å². The highest BCUT2D eigenvalue weighted by molar-refractivity contribution is 7.07. The van der Waals surface area contributed by atoms with Crippen LogP contribution in [-0.4, -0.2) is 14.7 Å². The second-order valence-electron chi connectivity index (χ2n) is 4.35. The molecule has 1 heterocycles. The molecule has 0 N–H and O–H groups in total. The zero-order valence-corrected chi connectivity index (χ0v) is 11.1. The maximum Gasteiger partial charge on any atom is 0.165 e. The first-order valence-electron chi connectivity index (χ1n) is 5.73. The fraction of sp³-hybridized carbons (Fsp3) is 0.500. The van der Waals surface area contributed by atoms with Gasteiger partial charge in [-0.05, 0) is 43.0 Å². The molecule has 5 heteroatoms. The van der Waals surface area contributed by atoms with Gasteiger partial charge in [-0.25, -0.2) is 8.78 Å². The van der Waals surface area contributed by atoms with Crippen LogP contribution in [0.4, 0.5) is 8.78 Å². The molecule has 1 fully saturated rings. The second-order valence-corrected chi connectivity index (χ2v) is 7.99. The minimum Gasteiger partial charge on any atom is -0.493 e. The van der Waals surface area contributed by atoms with Crippen molar-refractivity contribution in [2.75, 3.05) is 6.61 Å². The van der Waals surface area contributed by atoms with Gasteiger partial charge in [-0.3, -0.25) is 0 Å². The molecule has 1 aliphatic heterocycles. The highest BCUT2D eigenvalue weighted by Gasteiger charge is 2.21. The van der Waals surface area contributed by atoms with Crippen LogP contribution in [-0.2, 0) is 0 Å². The van der Waals surface area contributed by atoms with Crippen LogP contribution in [0.3, 0.4) is 0 Å². The molecular formula is C12H14ClF2OSi. The Balaban J connectivity index is 1.83. The van der Waals surface area contributed by atoms with E-state index in [0.717, 1.165) is 37.1 Å². The predicted octanol–water partition coefficient (Wildman–Crippen LogP) is 3.98. The topological polar surface area (TPSA) is 9.23 Å². The molecule has 0 amide bonds. The molecule has 1 aromatic rings. The van der Waals surface area contributed by atoms with Crippen LogP contribution in [0.25, 0.3) is 0 Å². The lowest BCUT2D eigenvalue weighted by molar-refractivity contribution is 0.235. The predicted molar refractivity (Wildman–Crippen MR) is 65.8 cm³/mol. The quantitative estimate of drug-likeness (QED) is 0.599. The Hall–Kier alpha value is -0.613. The molecule has 1 aromatic carbocycles. The first-order chi connectivity index (χ1) is 8.15. The van der Waals surface area contributed by atoms with E-state index in [1.165, 1.54) is 6.07 Å². The van der Waals surface area contributed by atoms with E-state index in [9.17, 15) is 8.78 Å². The van der Waals surface area contributed by atoms with Gasteiger partial charge in [-0.1, -0.05) is 0 Å². The maximum absolute atomic E-state index is 12.9. The third kappa shape index (κ3) is 3.68. The Kier molecular flexibility index (Phi) is 4.40. The van der Waals surface area contributed by atoms with Crippen molar-refractivity contribution in [3.05, 3.63) is 29.8 Å².